The Kier molecular flexibility index (Phi) is 4.54. The molecule has 0 radical (unpaired) electrons. The Morgan fingerprint density at radius 3 is 2.36 bits per heavy atom. The van der Waals surface area contributed by atoms with Gasteiger partial charge in [0.15, 0.2) is 11.6 Å². The molecule has 0 unspecified atom stereocenters. The van der Waals surface area contributed by atoms with Crippen LogP contribution in [0, 0.1) is 5.82 Å². The number of ether oxygens (including phenoxy) is 1. The van der Waals surface area contributed by atoms with E-state index in [4.69, 9.17) is 9.26 Å². The Hall–Kier alpha value is -1.82. The third-order valence-electron chi connectivity index (χ3n) is 5.21. The highest BCUT2D eigenvalue weighted by molar-refractivity contribution is 5.91. The zero-order valence-electron chi connectivity index (χ0n) is 15.0. The van der Waals surface area contributed by atoms with E-state index in [0.29, 0.717) is 18.8 Å². The van der Waals surface area contributed by atoms with Gasteiger partial charge in [0.05, 0.1) is 23.3 Å². The Morgan fingerprint density at radius 1 is 1.00 bits per heavy atom. The normalized spacial score (nSPS) is 25.4. The Balaban J connectivity index is 1.67. The van der Waals surface area contributed by atoms with Gasteiger partial charge in [0, 0.05) is 26.2 Å². The standard InChI is InChI=1S/C19H26FN3O2/c1-13-11-23(12-14(2)24-13)16-8-7-15-18(17(16)20)25-21-19(15)22-9-5-3-4-6-10-22/h7-8,13-14H,3-6,9-12H2,1-2H3/t13-,14+. The number of anilines is 2. The van der Waals surface area contributed by atoms with Crippen LogP contribution in [0.25, 0.3) is 11.0 Å². The summed E-state index contributed by atoms with van der Waals surface area (Å²) in [7, 11) is 0. The molecule has 2 saturated heterocycles. The van der Waals surface area contributed by atoms with Crippen LogP contribution in [0.5, 0.6) is 0 Å². The van der Waals surface area contributed by atoms with Gasteiger partial charge in [-0.2, -0.15) is 0 Å². The van der Waals surface area contributed by atoms with Gasteiger partial charge in [0.2, 0.25) is 5.58 Å². The highest BCUT2D eigenvalue weighted by Crippen LogP contribution is 2.34. The molecule has 0 saturated carbocycles. The van der Waals surface area contributed by atoms with Gasteiger partial charge in [-0.3, -0.25) is 0 Å². The molecule has 0 N–H and O–H groups in total. The summed E-state index contributed by atoms with van der Waals surface area (Å²) in [5.74, 6) is 0.471. The van der Waals surface area contributed by atoms with Gasteiger partial charge in [-0.05, 0) is 38.8 Å². The van der Waals surface area contributed by atoms with Crippen molar-refractivity contribution in [3.63, 3.8) is 0 Å². The zero-order chi connectivity index (χ0) is 17.4. The van der Waals surface area contributed by atoms with Crippen LogP contribution in [0.2, 0.25) is 0 Å². The van der Waals surface area contributed by atoms with Crippen LogP contribution in [-0.4, -0.2) is 43.5 Å². The van der Waals surface area contributed by atoms with E-state index in [1.165, 1.54) is 12.8 Å². The number of halogens is 1. The highest BCUT2D eigenvalue weighted by Gasteiger charge is 2.27. The van der Waals surface area contributed by atoms with Crippen molar-refractivity contribution in [3.8, 4) is 0 Å². The Labute approximate surface area is 147 Å². The SMILES string of the molecule is C[C@@H]1CN(c2ccc3c(N4CCCCCC4)noc3c2F)C[C@H](C)O1. The lowest BCUT2D eigenvalue weighted by Gasteiger charge is -2.36. The van der Waals surface area contributed by atoms with Crippen molar-refractivity contribution in [3.05, 3.63) is 17.9 Å². The Morgan fingerprint density at radius 2 is 1.68 bits per heavy atom. The molecule has 3 heterocycles. The van der Waals surface area contributed by atoms with E-state index in [9.17, 15) is 0 Å². The largest absolute Gasteiger partial charge is 0.372 e. The van der Waals surface area contributed by atoms with Gasteiger partial charge in [0.1, 0.15) is 0 Å². The second-order valence-electron chi connectivity index (χ2n) is 7.35. The lowest BCUT2D eigenvalue weighted by Crippen LogP contribution is -2.45. The van der Waals surface area contributed by atoms with E-state index in [1.807, 2.05) is 30.9 Å². The summed E-state index contributed by atoms with van der Waals surface area (Å²) in [6, 6.07) is 3.82. The molecule has 2 aliphatic heterocycles. The first-order chi connectivity index (χ1) is 12.1. The molecular formula is C19H26FN3O2. The monoisotopic (exact) mass is 347 g/mol. The van der Waals surface area contributed by atoms with E-state index in [2.05, 4.69) is 10.1 Å². The number of rotatable bonds is 2. The highest BCUT2D eigenvalue weighted by atomic mass is 19.1. The molecule has 2 fully saturated rings. The number of fused-ring (bicyclic) bond motifs is 1. The van der Waals surface area contributed by atoms with Crippen LogP contribution in [0.3, 0.4) is 0 Å². The van der Waals surface area contributed by atoms with E-state index in [1.54, 1.807) is 0 Å². The second-order valence-corrected chi connectivity index (χ2v) is 7.35. The van der Waals surface area contributed by atoms with Crippen LogP contribution >= 0.6 is 0 Å². The van der Waals surface area contributed by atoms with Crippen molar-refractivity contribution in [2.45, 2.75) is 51.7 Å². The van der Waals surface area contributed by atoms with Gasteiger partial charge in [-0.15, -0.1) is 0 Å². The van der Waals surface area contributed by atoms with Crippen LogP contribution < -0.4 is 9.80 Å². The van der Waals surface area contributed by atoms with E-state index in [0.717, 1.165) is 37.1 Å². The minimum atomic E-state index is -0.313. The van der Waals surface area contributed by atoms with E-state index < -0.39 is 0 Å². The molecule has 2 aromatic rings. The van der Waals surface area contributed by atoms with E-state index in [-0.39, 0.29) is 23.6 Å². The predicted molar refractivity (Wildman–Crippen MR) is 96.9 cm³/mol. The van der Waals surface area contributed by atoms with Crippen LogP contribution in [0.4, 0.5) is 15.9 Å². The smallest absolute Gasteiger partial charge is 0.206 e. The third kappa shape index (κ3) is 3.19. The zero-order valence-corrected chi connectivity index (χ0v) is 15.0. The fourth-order valence-corrected chi connectivity index (χ4v) is 4.08. The van der Waals surface area contributed by atoms with Crippen molar-refractivity contribution in [1.82, 2.24) is 5.16 Å². The number of aromatic nitrogens is 1. The number of morpholine rings is 1. The molecule has 0 spiro atoms. The number of benzene rings is 1. The summed E-state index contributed by atoms with van der Waals surface area (Å²) in [6.45, 7) is 7.32. The number of hydrogen-bond acceptors (Lipinski definition) is 5. The maximum absolute atomic E-state index is 15.1. The molecule has 4 rings (SSSR count). The Bertz CT molecular complexity index is 730. The number of nitrogens with zero attached hydrogens (tertiary/aromatic N) is 3. The third-order valence-corrected chi connectivity index (χ3v) is 5.21. The molecule has 2 aliphatic rings. The van der Waals surface area contributed by atoms with Crippen LogP contribution in [-0.2, 0) is 4.74 Å². The molecular weight excluding hydrogens is 321 g/mol. The van der Waals surface area contributed by atoms with Gasteiger partial charge < -0.3 is 19.1 Å². The first kappa shape index (κ1) is 16.6. The lowest BCUT2D eigenvalue weighted by atomic mass is 10.1. The molecule has 0 aliphatic carbocycles. The first-order valence-corrected chi connectivity index (χ1v) is 9.36. The quantitative estimate of drug-likeness (QED) is 0.822. The van der Waals surface area contributed by atoms with E-state index >= 15 is 4.39 Å². The molecule has 1 aromatic heterocycles. The van der Waals surface area contributed by atoms with Gasteiger partial charge in [-0.25, -0.2) is 4.39 Å². The molecule has 5 nitrogen and oxygen atoms in total. The summed E-state index contributed by atoms with van der Waals surface area (Å²) >= 11 is 0. The van der Waals surface area contributed by atoms with Crippen molar-refractivity contribution in [2.24, 2.45) is 0 Å². The number of hydrogen-bond donors (Lipinski definition) is 0. The van der Waals surface area contributed by atoms with Crippen molar-refractivity contribution < 1.29 is 13.7 Å². The molecule has 0 bridgehead atoms. The van der Waals surface area contributed by atoms with Crippen LogP contribution in [0.1, 0.15) is 39.5 Å². The summed E-state index contributed by atoms with van der Waals surface area (Å²) < 4.78 is 26.3. The summed E-state index contributed by atoms with van der Waals surface area (Å²) in [4.78, 5) is 4.28. The first-order valence-electron chi connectivity index (χ1n) is 9.36. The summed E-state index contributed by atoms with van der Waals surface area (Å²) in [6.07, 6.45) is 4.97. The molecule has 136 valence electrons. The molecule has 1 aromatic carbocycles. The van der Waals surface area contributed by atoms with Crippen molar-refractivity contribution >= 4 is 22.5 Å². The van der Waals surface area contributed by atoms with Gasteiger partial charge >= 0.3 is 0 Å². The summed E-state index contributed by atoms with van der Waals surface area (Å²) in [5, 5.41) is 4.98. The fourth-order valence-electron chi connectivity index (χ4n) is 4.08. The topological polar surface area (TPSA) is 41.7 Å². The molecule has 25 heavy (non-hydrogen) atoms. The minimum Gasteiger partial charge on any atom is -0.372 e. The maximum atomic E-state index is 15.1. The predicted octanol–water partition coefficient (Wildman–Crippen LogP) is 3.96. The van der Waals surface area contributed by atoms with Gasteiger partial charge in [0.25, 0.3) is 0 Å². The molecule has 6 heteroatoms. The summed E-state index contributed by atoms with van der Waals surface area (Å²) in [5.41, 5.74) is 0.844. The van der Waals surface area contributed by atoms with Gasteiger partial charge in [-0.1, -0.05) is 18.0 Å². The minimum absolute atomic E-state index is 0.0845. The molecule has 2 atom stereocenters. The average Bonchev–Trinajstić information content (AvgIpc) is 2.82. The van der Waals surface area contributed by atoms with Crippen molar-refractivity contribution in [1.29, 1.82) is 0 Å². The fraction of sp³-hybridized carbons (Fsp3) is 0.632. The average molecular weight is 347 g/mol. The van der Waals surface area contributed by atoms with Crippen LogP contribution in [0.15, 0.2) is 16.7 Å². The maximum Gasteiger partial charge on any atom is 0.206 e. The molecule has 0 amide bonds. The van der Waals surface area contributed by atoms with Crippen molar-refractivity contribution in [2.75, 3.05) is 36.0 Å². The lowest BCUT2D eigenvalue weighted by molar-refractivity contribution is -0.00539. The second kappa shape index (κ2) is 6.83.